The Balaban J connectivity index is 2.21. The molecule has 1 atom stereocenters. The van der Waals surface area contributed by atoms with Gasteiger partial charge in [0.25, 0.3) is 5.91 Å². The van der Waals surface area contributed by atoms with E-state index in [2.05, 4.69) is 0 Å². The molecule has 0 fully saturated rings. The summed E-state index contributed by atoms with van der Waals surface area (Å²) < 4.78 is 5.17. The van der Waals surface area contributed by atoms with E-state index >= 15 is 0 Å². The number of amides is 1. The van der Waals surface area contributed by atoms with Crippen molar-refractivity contribution >= 4 is 11.6 Å². The molecule has 1 aliphatic heterocycles. The predicted molar refractivity (Wildman–Crippen MR) is 66.8 cm³/mol. The minimum Gasteiger partial charge on any atom is -0.372 e. The molecular weight excluding hydrogens is 216 g/mol. The smallest absolute Gasteiger partial charge is 0.252 e. The molecule has 0 bridgehead atoms. The number of para-hydroxylation sites is 1. The number of ether oxygens (including phenoxy) is 1. The van der Waals surface area contributed by atoms with Gasteiger partial charge in [-0.05, 0) is 25.0 Å². The number of fused-ring (bicyclic) bond motifs is 1. The summed E-state index contributed by atoms with van der Waals surface area (Å²) in [6, 6.07) is 7.84. The minimum absolute atomic E-state index is 0.00574. The van der Waals surface area contributed by atoms with Gasteiger partial charge in [-0.15, -0.1) is 0 Å². The lowest BCUT2D eigenvalue weighted by Gasteiger charge is -2.32. The van der Waals surface area contributed by atoms with E-state index in [1.165, 1.54) is 0 Å². The van der Waals surface area contributed by atoms with E-state index in [9.17, 15) is 4.79 Å². The minimum atomic E-state index is 0.00574. The van der Waals surface area contributed by atoms with Crippen molar-refractivity contribution in [2.75, 3.05) is 24.7 Å². The van der Waals surface area contributed by atoms with Crippen molar-refractivity contribution in [1.82, 2.24) is 0 Å². The van der Waals surface area contributed by atoms with E-state index in [0.29, 0.717) is 13.2 Å². The van der Waals surface area contributed by atoms with Crippen LogP contribution in [-0.2, 0) is 9.53 Å². The molecule has 0 radical (unpaired) electrons. The summed E-state index contributed by atoms with van der Waals surface area (Å²) in [5, 5.41) is 0. The Morgan fingerprint density at radius 3 is 3.06 bits per heavy atom. The van der Waals surface area contributed by atoms with Crippen LogP contribution in [0.5, 0.6) is 0 Å². The lowest BCUT2D eigenvalue weighted by Crippen LogP contribution is -2.40. The molecule has 4 nitrogen and oxygen atoms in total. The van der Waals surface area contributed by atoms with Crippen molar-refractivity contribution in [2.24, 2.45) is 5.73 Å². The van der Waals surface area contributed by atoms with Crippen LogP contribution in [0.15, 0.2) is 24.3 Å². The van der Waals surface area contributed by atoms with Crippen molar-refractivity contribution in [3.8, 4) is 0 Å². The first-order valence-corrected chi connectivity index (χ1v) is 5.96. The summed E-state index contributed by atoms with van der Waals surface area (Å²) in [5.41, 5.74) is 8.01. The van der Waals surface area contributed by atoms with Crippen LogP contribution >= 0.6 is 0 Å². The Kier molecular flexibility index (Phi) is 3.76. The Labute approximate surface area is 101 Å². The Morgan fingerprint density at radius 2 is 2.29 bits per heavy atom. The second kappa shape index (κ2) is 5.29. The molecule has 17 heavy (non-hydrogen) atoms. The van der Waals surface area contributed by atoms with E-state index in [4.69, 9.17) is 10.5 Å². The SMILES string of the molecule is CCOCC(=O)N1CCC(N)c2ccccc21. The number of hydrogen-bond donors (Lipinski definition) is 1. The van der Waals surface area contributed by atoms with Gasteiger partial charge < -0.3 is 15.4 Å². The normalized spacial score (nSPS) is 18.9. The zero-order valence-electron chi connectivity index (χ0n) is 10.1. The third-order valence-electron chi connectivity index (χ3n) is 3.02. The fraction of sp³-hybridized carbons (Fsp3) is 0.462. The summed E-state index contributed by atoms with van der Waals surface area (Å²) >= 11 is 0. The maximum absolute atomic E-state index is 12.0. The van der Waals surface area contributed by atoms with Crippen molar-refractivity contribution in [3.05, 3.63) is 29.8 Å². The summed E-state index contributed by atoms with van der Waals surface area (Å²) in [6.07, 6.45) is 0.800. The summed E-state index contributed by atoms with van der Waals surface area (Å²) in [6.45, 7) is 3.25. The molecule has 0 saturated carbocycles. The highest BCUT2D eigenvalue weighted by atomic mass is 16.5. The summed E-state index contributed by atoms with van der Waals surface area (Å²) in [5.74, 6) is 0.00574. The molecule has 0 saturated heterocycles. The molecule has 4 heteroatoms. The molecule has 1 aromatic rings. The molecule has 1 aromatic carbocycles. The third kappa shape index (κ3) is 2.48. The van der Waals surface area contributed by atoms with Crippen LogP contribution < -0.4 is 10.6 Å². The van der Waals surface area contributed by atoms with Gasteiger partial charge in [0.05, 0.1) is 0 Å². The van der Waals surface area contributed by atoms with Crippen LogP contribution in [0.2, 0.25) is 0 Å². The van der Waals surface area contributed by atoms with E-state index in [1.54, 1.807) is 4.90 Å². The zero-order chi connectivity index (χ0) is 12.3. The number of carbonyl (C=O) groups excluding carboxylic acids is 1. The molecule has 0 aliphatic carbocycles. The Hall–Kier alpha value is -1.39. The first-order valence-electron chi connectivity index (χ1n) is 5.96. The number of nitrogens with two attached hydrogens (primary N) is 1. The highest BCUT2D eigenvalue weighted by Crippen LogP contribution is 2.31. The van der Waals surface area contributed by atoms with E-state index in [0.717, 1.165) is 17.7 Å². The predicted octanol–water partition coefficient (Wildman–Crippen LogP) is 1.46. The van der Waals surface area contributed by atoms with Crippen molar-refractivity contribution in [2.45, 2.75) is 19.4 Å². The molecule has 1 aliphatic rings. The summed E-state index contributed by atoms with van der Waals surface area (Å²) in [4.78, 5) is 13.8. The number of carbonyl (C=O) groups is 1. The molecule has 2 rings (SSSR count). The van der Waals surface area contributed by atoms with Gasteiger partial charge in [0.2, 0.25) is 0 Å². The molecule has 1 heterocycles. The number of anilines is 1. The lowest BCUT2D eigenvalue weighted by molar-refractivity contribution is -0.123. The highest BCUT2D eigenvalue weighted by molar-refractivity contribution is 5.95. The molecule has 1 amide bonds. The molecule has 2 N–H and O–H groups in total. The quantitative estimate of drug-likeness (QED) is 0.861. The monoisotopic (exact) mass is 234 g/mol. The maximum Gasteiger partial charge on any atom is 0.252 e. The average molecular weight is 234 g/mol. The van der Waals surface area contributed by atoms with Crippen LogP contribution in [0.4, 0.5) is 5.69 Å². The van der Waals surface area contributed by atoms with E-state index in [-0.39, 0.29) is 18.6 Å². The lowest BCUT2D eigenvalue weighted by atomic mass is 9.97. The van der Waals surface area contributed by atoms with Crippen molar-refractivity contribution in [1.29, 1.82) is 0 Å². The van der Waals surface area contributed by atoms with Gasteiger partial charge in [0.15, 0.2) is 0 Å². The highest BCUT2D eigenvalue weighted by Gasteiger charge is 2.26. The second-order valence-corrected chi connectivity index (χ2v) is 4.14. The maximum atomic E-state index is 12.0. The van der Waals surface area contributed by atoms with Gasteiger partial charge in [-0.3, -0.25) is 4.79 Å². The van der Waals surface area contributed by atoms with Gasteiger partial charge in [0, 0.05) is 24.9 Å². The van der Waals surface area contributed by atoms with Crippen molar-refractivity contribution < 1.29 is 9.53 Å². The second-order valence-electron chi connectivity index (χ2n) is 4.14. The van der Waals surface area contributed by atoms with Gasteiger partial charge in [-0.1, -0.05) is 18.2 Å². The zero-order valence-corrected chi connectivity index (χ0v) is 10.1. The molecule has 0 spiro atoms. The van der Waals surface area contributed by atoms with Crippen LogP contribution in [0, 0.1) is 0 Å². The Bertz CT molecular complexity index is 406. The largest absolute Gasteiger partial charge is 0.372 e. The van der Waals surface area contributed by atoms with E-state index < -0.39 is 0 Å². The topological polar surface area (TPSA) is 55.6 Å². The average Bonchev–Trinajstić information content (AvgIpc) is 2.37. The van der Waals surface area contributed by atoms with Gasteiger partial charge in [-0.25, -0.2) is 0 Å². The molecule has 92 valence electrons. The fourth-order valence-electron chi connectivity index (χ4n) is 2.12. The number of benzene rings is 1. The third-order valence-corrected chi connectivity index (χ3v) is 3.02. The first-order chi connectivity index (χ1) is 8.24. The fourth-order valence-corrected chi connectivity index (χ4v) is 2.12. The van der Waals surface area contributed by atoms with Gasteiger partial charge in [-0.2, -0.15) is 0 Å². The molecule has 1 unspecified atom stereocenters. The number of nitrogens with zero attached hydrogens (tertiary/aromatic N) is 1. The first kappa shape index (κ1) is 12.1. The van der Waals surface area contributed by atoms with Crippen LogP contribution in [-0.4, -0.2) is 25.7 Å². The van der Waals surface area contributed by atoms with Gasteiger partial charge >= 0.3 is 0 Å². The van der Waals surface area contributed by atoms with Crippen molar-refractivity contribution in [3.63, 3.8) is 0 Å². The molecular formula is C13H18N2O2. The van der Waals surface area contributed by atoms with Gasteiger partial charge in [0.1, 0.15) is 6.61 Å². The number of hydrogen-bond acceptors (Lipinski definition) is 3. The summed E-state index contributed by atoms with van der Waals surface area (Å²) in [7, 11) is 0. The number of rotatable bonds is 3. The standard InChI is InChI=1S/C13H18N2O2/c1-2-17-9-13(16)15-8-7-11(14)10-5-3-4-6-12(10)15/h3-6,11H,2,7-9,14H2,1H3. The molecule has 0 aromatic heterocycles. The van der Waals surface area contributed by atoms with Crippen LogP contribution in [0.1, 0.15) is 24.9 Å². The van der Waals surface area contributed by atoms with Crippen LogP contribution in [0.3, 0.4) is 0 Å². The Morgan fingerprint density at radius 1 is 1.53 bits per heavy atom. The van der Waals surface area contributed by atoms with Crippen LogP contribution in [0.25, 0.3) is 0 Å². The van der Waals surface area contributed by atoms with E-state index in [1.807, 2.05) is 31.2 Å².